The molecule has 0 aliphatic carbocycles. The molecule has 2 N–H and O–H groups in total. The van der Waals surface area contributed by atoms with Gasteiger partial charge < -0.3 is 15.5 Å². The zero-order valence-corrected chi connectivity index (χ0v) is 22.9. The van der Waals surface area contributed by atoms with E-state index >= 15 is 0 Å². The summed E-state index contributed by atoms with van der Waals surface area (Å²) in [4.78, 5) is 27.0. The van der Waals surface area contributed by atoms with Crippen LogP contribution in [0.4, 0.5) is 11.5 Å². The Morgan fingerprint density at radius 2 is 1.63 bits per heavy atom. The van der Waals surface area contributed by atoms with E-state index in [9.17, 15) is 4.79 Å². The number of amides is 1. The third-order valence-corrected chi connectivity index (χ3v) is 8.48. The molecule has 38 heavy (non-hydrogen) atoms. The second-order valence-electron chi connectivity index (χ2n) is 11.3. The molecule has 3 aromatic rings. The number of aromatic nitrogens is 2. The van der Waals surface area contributed by atoms with E-state index in [2.05, 4.69) is 63.4 Å². The molecule has 1 aromatic carbocycles. The molecule has 7 nitrogen and oxygen atoms in total. The first kappa shape index (κ1) is 26.3. The number of hydrogen-bond donors (Lipinski definition) is 2. The lowest BCUT2D eigenvalue weighted by Gasteiger charge is -2.40. The molecule has 0 radical (unpaired) electrons. The van der Waals surface area contributed by atoms with Crippen LogP contribution < -0.4 is 10.6 Å². The third-order valence-electron chi connectivity index (χ3n) is 8.48. The van der Waals surface area contributed by atoms with Crippen LogP contribution in [0.15, 0.2) is 67.1 Å². The van der Waals surface area contributed by atoms with Gasteiger partial charge in [-0.05, 0) is 105 Å². The van der Waals surface area contributed by atoms with Crippen molar-refractivity contribution in [2.24, 2.45) is 5.92 Å². The van der Waals surface area contributed by atoms with Crippen molar-refractivity contribution in [1.82, 2.24) is 19.8 Å². The minimum Gasteiger partial charge on any atom is -0.350 e. The summed E-state index contributed by atoms with van der Waals surface area (Å²) in [6.07, 6.45) is 10.1. The van der Waals surface area contributed by atoms with Crippen LogP contribution in [0.5, 0.6) is 0 Å². The zero-order chi connectivity index (χ0) is 26.5. The van der Waals surface area contributed by atoms with Crippen LogP contribution in [0, 0.1) is 5.92 Å². The van der Waals surface area contributed by atoms with Crippen LogP contribution >= 0.6 is 0 Å². The summed E-state index contributed by atoms with van der Waals surface area (Å²) in [7, 11) is 2.20. The van der Waals surface area contributed by atoms with Crippen molar-refractivity contribution in [2.45, 2.75) is 51.1 Å². The van der Waals surface area contributed by atoms with E-state index < -0.39 is 0 Å². The Labute approximate surface area is 226 Å². The van der Waals surface area contributed by atoms with Crippen molar-refractivity contribution in [1.29, 1.82) is 0 Å². The van der Waals surface area contributed by atoms with Crippen LogP contribution in [0.25, 0.3) is 0 Å². The van der Waals surface area contributed by atoms with Gasteiger partial charge in [-0.2, -0.15) is 0 Å². The van der Waals surface area contributed by atoms with Crippen LogP contribution in [0.3, 0.4) is 0 Å². The summed E-state index contributed by atoms with van der Waals surface area (Å²) in [5.41, 5.74) is 3.85. The van der Waals surface area contributed by atoms with Crippen molar-refractivity contribution in [3.8, 4) is 0 Å². The number of nitrogens with zero attached hydrogens (tertiary/aromatic N) is 4. The van der Waals surface area contributed by atoms with Crippen LogP contribution in [0.2, 0.25) is 0 Å². The number of rotatable bonds is 8. The highest BCUT2D eigenvalue weighted by Gasteiger charge is 2.33. The standard InChI is InChI=1S/C31H40N6O/c1-31(2,25-14-21-36(3)22-15-25)24-8-10-26(11-9-24)34-30(38)27-7-6-16-33-28(27)35-29(37-19-4-5-20-37)23-12-17-32-18-13-23/h6-13,16-18,25,29H,4-5,14-15,19-22H2,1-3H3,(H,33,35)(H,34,38). The average molecular weight is 513 g/mol. The first-order chi connectivity index (χ1) is 18.4. The Morgan fingerprint density at radius 1 is 0.947 bits per heavy atom. The third kappa shape index (κ3) is 5.89. The van der Waals surface area contributed by atoms with E-state index in [1.807, 2.05) is 48.8 Å². The average Bonchev–Trinajstić information content (AvgIpc) is 3.48. The molecule has 0 spiro atoms. The molecule has 0 bridgehead atoms. The van der Waals surface area contributed by atoms with Gasteiger partial charge >= 0.3 is 0 Å². The fourth-order valence-corrected chi connectivity index (χ4v) is 5.91. The number of carbonyl (C=O) groups is 1. The summed E-state index contributed by atoms with van der Waals surface area (Å²) in [6, 6.07) is 16.1. The number of anilines is 2. The highest BCUT2D eigenvalue weighted by atomic mass is 16.1. The SMILES string of the molecule is CN1CCC(C(C)(C)c2ccc(NC(=O)c3cccnc3NC(c3ccncc3)N3CCCC3)cc2)CC1. The lowest BCUT2D eigenvalue weighted by Crippen LogP contribution is -2.39. The molecule has 2 fully saturated rings. The maximum Gasteiger partial charge on any atom is 0.259 e. The second-order valence-corrected chi connectivity index (χ2v) is 11.3. The van der Waals surface area contributed by atoms with Gasteiger partial charge in [0.15, 0.2) is 0 Å². The van der Waals surface area contributed by atoms with Crippen molar-refractivity contribution in [3.63, 3.8) is 0 Å². The Balaban J connectivity index is 1.30. The lowest BCUT2D eigenvalue weighted by molar-refractivity contribution is 0.102. The number of piperidine rings is 1. The fourth-order valence-electron chi connectivity index (χ4n) is 5.91. The predicted octanol–water partition coefficient (Wildman–Crippen LogP) is 5.55. The van der Waals surface area contributed by atoms with Gasteiger partial charge in [-0.1, -0.05) is 26.0 Å². The summed E-state index contributed by atoms with van der Waals surface area (Å²) in [5, 5.41) is 6.66. The van der Waals surface area contributed by atoms with E-state index in [0.29, 0.717) is 17.3 Å². The molecule has 4 heterocycles. The fraction of sp³-hybridized carbons (Fsp3) is 0.452. The highest BCUT2D eigenvalue weighted by molar-refractivity contribution is 6.07. The first-order valence-electron chi connectivity index (χ1n) is 13.9. The summed E-state index contributed by atoms with van der Waals surface area (Å²) in [5.74, 6) is 1.07. The van der Waals surface area contributed by atoms with E-state index in [-0.39, 0.29) is 17.5 Å². The van der Waals surface area contributed by atoms with Crippen LogP contribution in [-0.2, 0) is 5.41 Å². The number of hydrogen-bond acceptors (Lipinski definition) is 6. The number of likely N-dealkylation sites (tertiary alicyclic amines) is 2. The van der Waals surface area contributed by atoms with E-state index in [4.69, 9.17) is 0 Å². The molecular formula is C31H40N6O. The summed E-state index contributed by atoms with van der Waals surface area (Å²) < 4.78 is 0. The number of carbonyl (C=O) groups excluding carboxylic acids is 1. The van der Waals surface area contributed by atoms with Gasteiger partial charge in [0.05, 0.1) is 5.56 Å². The van der Waals surface area contributed by atoms with Crippen molar-refractivity contribution >= 4 is 17.4 Å². The molecule has 2 aliphatic heterocycles. The molecule has 7 heteroatoms. The topological polar surface area (TPSA) is 73.4 Å². The zero-order valence-electron chi connectivity index (χ0n) is 22.9. The maximum absolute atomic E-state index is 13.4. The number of pyridine rings is 2. The van der Waals surface area contributed by atoms with Crippen LogP contribution in [0.1, 0.15) is 67.2 Å². The molecule has 2 aliphatic rings. The molecular weight excluding hydrogens is 472 g/mol. The molecule has 1 unspecified atom stereocenters. The quantitative estimate of drug-likeness (QED) is 0.412. The lowest BCUT2D eigenvalue weighted by atomic mass is 9.69. The second kappa shape index (κ2) is 11.6. The molecule has 2 aromatic heterocycles. The van der Waals surface area contributed by atoms with Gasteiger partial charge in [0, 0.05) is 37.4 Å². The highest BCUT2D eigenvalue weighted by Crippen LogP contribution is 2.38. The monoisotopic (exact) mass is 512 g/mol. The van der Waals surface area contributed by atoms with Gasteiger partial charge in [-0.3, -0.25) is 14.7 Å². The Hall–Kier alpha value is -3.29. The van der Waals surface area contributed by atoms with E-state index in [0.717, 1.165) is 37.4 Å². The van der Waals surface area contributed by atoms with Gasteiger partial charge in [0.25, 0.3) is 5.91 Å². The molecule has 0 saturated carbocycles. The van der Waals surface area contributed by atoms with Gasteiger partial charge in [0.1, 0.15) is 12.0 Å². The Kier molecular flexibility index (Phi) is 8.05. The minimum absolute atomic E-state index is 0.0666. The minimum atomic E-state index is -0.169. The van der Waals surface area contributed by atoms with Crippen LogP contribution in [-0.4, -0.2) is 58.9 Å². The molecule has 1 amide bonds. The Morgan fingerprint density at radius 3 is 2.32 bits per heavy atom. The molecule has 2 saturated heterocycles. The largest absolute Gasteiger partial charge is 0.350 e. The Bertz CT molecular complexity index is 1200. The van der Waals surface area contributed by atoms with Gasteiger partial charge in [0.2, 0.25) is 0 Å². The molecule has 200 valence electrons. The summed E-state index contributed by atoms with van der Waals surface area (Å²) in [6.45, 7) is 9.03. The summed E-state index contributed by atoms with van der Waals surface area (Å²) >= 11 is 0. The van der Waals surface area contributed by atoms with Crippen molar-refractivity contribution in [3.05, 3.63) is 83.8 Å². The smallest absolute Gasteiger partial charge is 0.259 e. The van der Waals surface area contributed by atoms with E-state index in [1.54, 1.807) is 6.20 Å². The normalized spacial score (nSPS) is 18.3. The molecule has 5 rings (SSSR count). The van der Waals surface area contributed by atoms with Gasteiger partial charge in [-0.15, -0.1) is 0 Å². The first-order valence-corrected chi connectivity index (χ1v) is 13.9. The molecule has 1 atom stereocenters. The number of benzene rings is 1. The van der Waals surface area contributed by atoms with E-state index in [1.165, 1.54) is 31.2 Å². The predicted molar refractivity (Wildman–Crippen MR) is 153 cm³/mol. The van der Waals surface area contributed by atoms with Gasteiger partial charge in [-0.25, -0.2) is 4.98 Å². The number of nitrogens with one attached hydrogen (secondary N) is 2. The maximum atomic E-state index is 13.4. The van der Waals surface area contributed by atoms with Crippen molar-refractivity contribution < 1.29 is 4.79 Å². The van der Waals surface area contributed by atoms with Crippen molar-refractivity contribution in [2.75, 3.05) is 43.9 Å².